The van der Waals surface area contributed by atoms with Crippen LogP contribution in [0.3, 0.4) is 0 Å². The van der Waals surface area contributed by atoms with E-state index in [2.05, 4.69) is 67.6 Å². The Morgan fingerprint density at radius 2 is 1.60 bits per heavy atom. The number of nitrogens with zero attached hydrogens (tertiary/aromatic N) is 2. The van der Waals surface area contributed by atoms with E-state index in [4.69, 9.17) is 0 Å². The molecule has 0 N–H and O–H groups in total. The van der Waals surface area contributed by atoms with Crippen molar-refractivity contribution in [1.29, 1.82) is 0 Å². The largest absolute Gasteiger partial charge is 0.272 e. The van der Waals surface area contributed by atoms with E-state index in [1.807, 2.05) is 16.9 Å². The lowest BCUT2D eigenvalue weighted by atomic mass is 9.94. The molecule has 1 heterocycles. The SMILES string of the molecule is CCn1cc(-c2cccc(-c3ccccc3)c2C)cn1. The number of hydrogen-bond acceptors (Lipinski definition) is 1. The first-order valence-corrected chi connectivity index (χ1v) is 6.97. The smallest absolute Gasteiger partial charge is 0.0568 e. The van der Waals surface area contributed by atoms with E-state index in [-0.39, 0.29) is 0 Å². The zero-order valence-electron chi connectivity index (χ0n) is 11.9. The number of rotatable bonds is 3. The summed E-state index contributed by atoms with van der Waals surface area (Å²) < 4.78 is 1.96. The summed E-state index contributed by atoms with van der Waals surface area (Å²) in [4.78, 5) is 0. The van der Waals surface area contributed by atoms with Crippen molar-refractivity contribution in [2.24, 2.45) is 0 Å². The van der Waals surface area contributed by atoms with Crippen molar-refractivity contribution in [1.82, 2.24) is 9.78 Å². The summed E-state index contributed by atoms with van der Waals surface area (Å²) in [6.07, 6.45) is 4.05. The van der Waals surface area contributed by atoms with E-state index in [9.17, 15) is 0 Å². The third kappa shape index (κ3) is 2.25. The Balaban J connectivity index is 2.10. The Kier molecular flexibility index (Phi) is 3.38. The Labute approximate surface area is 119 Å². The van der Waals surface area contributed by atoms with Crippen LogP contribution in [0.2, 0.25) is 0 Å². The summed E-state index contributed by atoms with van der Waals surface area (Å²) in [7, 11) is 0. The van der Waals surface area contributed by atoms with Crippen LogP contribution >= 0.6 is 0 Å². The van der Waals surface area contributed by atoms with Crippen LogP contribution in [0.4, 0.5) is 0 Å². The summed E-state index contributed by atoms with van der Waals surface area (Å²) in [5, 5.41) is 4.37. The molecule has 0 amide bonds. The topological polar surface area (TPSA) is 17.8 Å². The Morgan fingerprint density at radius 3 is 2.25 bits per heavy atom. The third-order valence-electron chi connectivity index (χ3n) is 3.69. The fourth-order valence-electron chi connectivity index (χ4n) is 2.55. The molecule has 0 saturated heterocycles. The molecule has 2 heteroatoms. The summed E-state index contributed by atoms with van der Waals surface area (Å²) in [5.74, 6) is 0. The molecule has 0 radical (unpaired) electrons. The molecule has 3 aromatic rings. The number of aromatic nitrogens is 2. The average molecular weight is 262 g/mol. The van der Waals surface area contributed by atoms with Crippen molar-refractivity contribution in [3.63, 3.8) is 0 Å². The van der Waals surface area contributed by atoms with E-state index in [0.717, 1.165) is 6.54 Å². The molecule has 0 aliphatic carbocycles. The maximum Gasteiger partial charge on any atom is 0.0568 e. The molecule has 3 rings (SSSR count). The zero-order valence-corrected chi connectivity index (χ0v) is 11.9. The molecule has 0 fully saturated rings. The van der Waals surface area contributed by atoms with Crippen molar-refractivity contribution >= 4 is 0 Å². The minimum absolute atomic E-state index is 0.900. The Morgan fingerprint density at radius 1 is 0.900 bits per heavy atom. The molecule has 20 heavy (non-hydrogen) atoms. The van der Waals surface area contributed by atoms with Crippen LogP contribution in [0.1, 0.15) is 12.5 Å². The van der Waals surface area contributed by atoms with Gasteiger partial charge in [-0.1, -0.05) is 48.5 Å². The first kappa shape index (κ1) is 12.7. The van der Waals surface area contributed by atoms with Gasteiger partial charge in [0.1, 0.15) is 0 Å². The maximum atomic E-state index is 4.37. The van der Waals surface area contributed by atoms with Gasteiger partial charge >= 0.3 is 0 Å². The van der Waals surface area contributed by atoms with Gasteiger partial charge in [-0.2, -0.15) is 5.10 Å². The molecule has 2 nitrogen and oxygen atoms in total. The van der Waals surface area contributed by atoms with Gasteiger partial charge in [0.2, 0.25) is 0 Å². The summed E-state index contributed by atoms with van der Waals surface area (Å²) >= 11 is 0. The summed E-state index contributed by atoms with van der Waals surface area (Å²) in [5.41, 5.74) is 6.28. The lowest BCUT2D eigenvalue weighted by Gasteiger charge is -2.10. The van der Waals surface area contributed by atoms with Crippen LogP contribution in [-0.2, 0) is 6.54 Å². The van der Waals surface area contributed by atoms with Crippen LogP contribution < -0.4 is 0 Å². The number of benzene rings is 2. The quantitative estimate of drug-likeness (QED) is 0.677. The fourth-order valence-corrected chi connectivity index (χ4v) is 2.55. The molecule has 0 saturated carbocycles. The standard InChI is InChI=1S/C18H18N2/c1-3-20-13-16(12-19-20)18-11-7-10-17(14(18)2)15-8-5-4-6-9-15/h4-13H,3H2,1-2H3. The van der Waals surface area contributed by atoms with Crippen LogP contribution in [0.15, 0.2) is 60.9 Å². The summed E-state index contributed by atoms with van der Waals surface area (Å²) in [6.45, 7) is 5.18. The van der Waals surface area contributed by atoms with Crippen molar-refractivity contribution in [3.05, 3.63) is 66.5 Å². The molecule has 0 atom stereocenters. The number of hydrogen-bond donors (Lipinski definition) is 0. The van der Waals surface area contributed by atoms with E-state index >= 15 is 0 Å². The second kappa shape index (κ2) is 5.33. The van der Waals surface area contributed by atoms with Crippen molar-refractivity contribution in [2.75, 3.05) is 0 Å². The molecule has 0 aliphatic rings. The van der Waals surface area contributed by atoms with Crippen LogP contribution in [-0.4, -0.2) is 9.78 Å². The molecule has 0 bridgehead atoms. The molecule has 0 spiro atoms. The van der Waals surface area contributed by atoms with Crippen LogP contribution in [0.25, 0.3) is 22.3 Å². The van der Waals surface area contributed by atoms with Crippen molar-refractivity contribution in [2.45, 2.75) is 20.4 Å². The highest BCUT2D eigenvalue weighted by atomic mass is 15.3. The summed E-state index contributed by atoms with van der Waals surface area (Å²) in [6, 6.07) is 17.0. The molecule has 100 valence electrons. The molecule has 0 unspecified atom stereocenters. The molecule has 2 aromatic carbocycles. The van der Waals surface area contributed by atoms with Gasteiger partial charge in [-0.05, 0) is 36.1 Å². The number of aryl methyl sites for hydroxylation is 1. The van der Waals surface area contributed by atoms with E-state index in [1.54, 1.807) is 0 Å². The fraction of sp³-hybridized carbons (Fsp3) is 0.167. The minimum Gasteiger partial charge on any atom is -0.272 e. The van der Waals surface area contributed by atoms with E-state index < -0.39 is 0 Å². The van der Waals surface area contributed by atoms with Crippen LogP contribution in [0, 0.1) is 6.92 Å². The lowest BCUT2D eigenvalue weighted by molar-refractivity contribution is 0.660. The Hall–Kier alpha value is -2.35. The molecular weight excluding hydrogens is 244 g/mol. The van der Waals surface area contributed by atoms with E-state index in [1.165, 1.54) is 27.8 Å². The third-order valence-corrected chi connectivity index (χ3v) is 3.69. The first-order valence-electron chi connectivity index (χ1n) is 6.97. The predicted octanol–water partition coefficient (Wildman–Crippen LogP) is 4.55. The molecule has 0 aliphatic heterocycles. The Bertz CT molecular complexity index is 711. The van der Waals surface area contributed by atoms with Gasteiger partial charge < -0.3 is 0 Å². The maximum absolute atomic E-state index is 4.37. The van der Waals surface area contributed by atoms with Gasteiger partial charge in [-0.15, -0.1) is 0 Å². The van der Waals surface area contributed by atoms with Crippen molar-refractivity contribution < 1.29 is 0 Å². The van der Waals surface area contributed by atoms with Gasteiger partial charge in [0, 0.05) is 18.3 Å². The highest BCUT2D eigenvalue weighted by molar-refractivity contribution is 5.77. The first-order chi connectivity index (χ1) is 9.79. The second-order valence-electron chi connectivity index (χ2n) is 4.93. The highest BCUT2D eigenvalue weighted by Crippen LogP contribution is 2.31. The van der Waals surface area contributed by atoms with Gasteiger partial charge in [0.25, 0.3) is 0 Å². The van der Waals surface area contributed by atoms with Gasteiger partial charge in [-0.25, -0.2) is 0 Å². The predicted molar refractivity (Wildman–Crippen MR) is 83.5 cm³/mol. The normalized spacial score (nSPS) is 10.7. The minimum atomic E-state index is 0.900. The monoisotopic (exact) mass is 262 g/mol. The van der Waals surface area contributed by atoms with E-state index in [0.29, 0.717) is 0 Å². The van der Waals surface area contributed by atoms with Gasteiger partial charge in [0.15, 0.2) is 0 Å². The zero-order chi connectivity index (χ0) is 13.9. The molecule has 1 aromatic heterocycles. The van der Waals surface area contributed by atoms with Crippen molar-refractivity contribution in [3.8, 4) is 22.3 Å². The van der Waals surface area contributed by atoms with Gasteiger partial charge in [0.05, 0.1) is 6.20 Å². The molecular formula is C18H18N2. The highest BCUT2D eigenvalue weighted by Gasteiger charge is 2.09. The van der Waals surface area contributed by atoms with Gasteiger partial charge in [-0.3, -0.25) is 4.68 Å². The average Bonchev–Trinajstić information content (AvgIpc) is 2.97. The second-order valence-corrected chi connectivity index (χ2v) is 4.93. The lowest BCUT2D eigenvalue weighted by Crippen LogP contribution is -1.92. The van der Waals surface area contributed by atoms with Crippen LogP contribution in [0.5, 0.6) is 0 Å².